The van der Waals surface area contributed by atoms with Gasteiger partial charge >= 0.3 is 0 Å². The summed E-state index contributed by atoms with van der Waals surface area (Å²) in [5.74, 6) is 0. The summed E-state index contributed by atoms with van der Waals surface area (Å²) in [4.78, 5) is 0. The number of nitrogens with one attached hydrogen (secondary N) is 2. The zero-order valence-electron chi connectivity index (χ0n) is 12.7. The summed E-state index contributed by atoms with van der Waals surface area (Å²) in [6, 6.07) is 31.4. The van der Waals surface area contributed by atoms with E-state index in [0.29, 0.717) is 0 Å². The van der Waals surface area contributed by atoms with Crippen LogP contribution in [0.2, 0.25) is 0 Å². The van der Waals surface area contributed by atoms with Crippen molar-refractivity contribution in [3.8, 4) is 0 Å². The van der Waals surface area contributed by atoms with E-state index in [4.69, 9.17) is 0 Å². The van der Waals surface area contributed by atoms with Gasteiger partial charge in [0, 0.05) is 0 Å². The third-order valence-electron chi connectivity index (χ3n) is 4.30. The normalized spacial score (nSPS) is 15.7. The van der Waals surface area contributed by atoms with Gasteiger partial charge < -0.3 is 5.43 Å². The Morgan fingerprint density at radius 2 is 1.04 bits per heavy atom. The number of hydrazine groups is 1. The van der Waals surface area contributed by atoms with E-state index in [-0.39, 0.29) is 5.54 Å². The van der Waals surface area contributed by atoms with Crippen molar-refractivity contribution in [3.05, 3.63) is 114 Å². The fraction of sp³-hybridized carbons (Fsp3) is 0.0476. The Morgan fingerprint density at radius 3 is 1.57 bits per heavy atom. The molecule has 0 unspecified atom stereocenters. The third-order valence-corrected chi connectivity index (χ3v) is 4.30. The largest absolute Gasteiger partial charge is 0.320 e. The first-order valence-electron chi connectivity index (χ1n) is 7.81. The van der Waals surface area contributed by atoms with E-state index in [0.717, 1.165) is 5.70 Å². The fourth-order valence-corrected chi connectivity index (χ4v) is 3.11. The van der Waals surface area contributed by atoms with Crippen LogP contribution in [0, 0.1) is 0 Å². The molecule has 112 valence electrons. The zero-order chi connectivity index (χ0) is 15.5. The second-order valence-corrected chi connectivity index (χ2v) is 5.71. The second-order valence-electron chi connectivity index (χ2n) is 5.71. The van der Waals surface area contributed by atoms with Crippen LogP contribution in [0.3, 0.4) is 0 Å². The molecule has 3 aromatic rings. The Bertz CT molecular complexity index is 769. The molecular formula is C21H18N2. The lowest BCUT2D eigenvalue weighted by Crippen LogP contribution is -2.43. The van der Waals surface area contributed by atoms with Crippen molar-refractivity contribution in [1.29, 1.82) is 0 Å². The van der Waals surface area contributed by atoms with E-state index >= 15 is 0 Å². The molecule has 0 fully saturated rings. The van der Waals surface area contributed by atoms with Crippen LogP contribution in [0.25, 0.3) is 5.70 Å². The minimum atomic E-state index is -0.367. The van der Waals surface area contributed by atoms with E-state index in [1.165, 1.54) is 16.7 Å². The number of benzene rings is 3. The van der Waals surface area contributed by atoms with Crippen LogP contribution in [0.4, 0.5) is 0 Å². The van der Waals surface area contributed by atoms with Crippen molar-refractivity contribution in [2.75, 3.05) is 0 Å². The average Bonchev–Trinajstić information content (AvgIpc) is 3.11. The van der Waals surface area contributed by atoms with E-state index in [1.807, 2.05) is 18.2 Å². The Hall–Kier alpha value is -2.84. The molecule has 0 saturated heterocycles. The molecule has 1 aliphatic rings. The number of hydrogen-bond donors (Lipinski definition) is 2. The molecule has 23 heavy (non-hydrogen) atoms. The molecule has 1 aliphatic heterocycles. The van der Waals surface area contributed by atoms with Gasteiger partial charge in [-0.05, 0) is 22.8 Å². The Morgan fingerprint density at radius 1 is 0.565 bits per heavy atom. The molecule has 2 nitrogen and oxygen atoms in total. The van der Waals surface area contributed by atoms with Gasteiger partial charge in [-0.2, -0.15) is 0 Å². The SMILES string of the molecule is C1=C(c2ccccc2)NNC1(c1ccccc1)c1ccccc1. The quantitative estimate of drug-likeness (QED) is 0.761. The van der Waals surface area contributed by atoms with Crippen LogP contribution in [-0.2, 0) is 5.54 Å². The van der Waals surface area contributed by atoms with E-state index in [9.17, 15) is 0 Å². The lowest BCUT2D eigenvalue weighted by Gasteiger charge is -2.28. The molecule has 3 aromatic carbocycles. The van der Waals surface area contributed by atoms with Gasteiger partial charge in [-0.3, -0.25) is 0 Å². The van der Waals surface area contributed by atoms with Gasteiger partial charge in [0.1, 0.15) is 5.54 Å². The van der Waals surface area contributed by atoms with Gasteiger partial charge in [0.25, 0.3) is 0 Å². The molecule has 2 N–H and O–H groups in total. The van der Waals surface area contributed by atoms with Gasteiger partial charge in [-0.25, -0.2) is 5.43 Å². The first-order valence-corrected chi connectivity index (χ1v) is 7.81. The first-order chi connectivity index (χ1) is 11.4. The molecule has 2 heteroatoms. The van der Waals surface area contributed by atoms with Crippen LogP contribution in [0.15, 0.2) is 97.1 Å². The minimum Gasteiger partial charge on any atom is -0.320 e. The maximum absolute atomic E-state index is 3.51. The fourth-order valence-electron chi connectivity index (χ4n) is 3.11. The molecule has 0 atom stereocenters. The molecular weight excluding hydrogens is 280 g/mol. The standard InChI is InChI=1S/C21H18N2/c1-4-10-17(11-5-1)20-16-21(23-22-20,18-12-6-2-7-13-18)19-14-8-3-9-15-19/h1-16,22-23H. The van der Waals surface area contributed by atoms with Crippen molar-refractivity contribution < 1.29 is 0 Å². The van der Waals surface area contributed by atoms with E-state index in [1.54, 1.807) is 0 Å². The number of rotatable bonds is 3. The van der Waals surface area contributed by atoms with Crippen LogP contribution < -0.4 is 10.9 Å². The van der Waals surface area contributed by atoms with Gasteiger partial charge in [0.2, 0.25) is 0 Å². The monoisotopic (exact) mass is 298 g/mol. The van der Waals surface area contributed by atoms with Crippen molar-refractivity contribution in [3.63, 3.8) is 0 Å². The molecule has 0 spiro atoms. The number of hydrogen-bond acceptors (Lipinski definition) is 2. The van der Waals surface area contributed by atoms with Crippen molar-refractivity contribution in [1.82, 2.24) is 10.9 Å². The van der Waals surface area contributed by atoms with Crippen molar-refractivity contribution >= 4 is 5.70 Å². The highest BCUT2D eigenvalue weighted by molar-refractivity contribution is 5.69. The summed E-state index contributed by atoms with van der Waals surface area (Å²) in [6.07, 6.45) is 2.27. The van der Waals surface area contributed by atoms with E-state index < -0.39 is 0 Å². The molecule has 0 aromatic heterocycles. The summed E-state index contributed by atoms with van der Waals surface area (Å²) in [5, 5.41) is 0. The summed E-state index contributed by atoms with van der Waals surface area (Å²) in [5.41, 5.74) is 11.2. The lowest BCUT2D eigenvalue weighted by atomic mass is 9.83. The van der Waals surface area contributed by atoms with E-state index in [2.05, 4.69) is 89.7 Å². The van der Waals surface area contributed by atoms with Crippen molar-refractivity contribution in [2.45, 2.75) is 5.54 Å². The zero-order valence-corrected chi connectivity index (χ0v) is 12.7. The molecule has 1 heterocycles. The highest BCUT2D eigenvalue weighted by Gasteiger charge is 2.36. The predicted molar refractivity (Wildman–Crippen MR) is 94.4 cm³/mol. The van der Waals surface area contributed by atoms with Crippen LogP contribution in [0.1, 0.15) is 16.7 Å². The molecule has 0 radical (unpaired) electrons. The second kappa shape index (κ2) is 5.75. The topological polar surface area (TPSA) is 24.1 Å². The highest BCUT2D eigenvalue weighted by atomic mass is 15.4. The Balaban J connectivity index is 1.87. The molecule has 0 saturated carbocycles. The Labute approximate surface area is 136 Å². The summed E-state index contributed by atoms with van der Waals surface area (Å²) in [7, 11) is 0. The predicted octanol–water partition coefficient (Wildman–Crippen LogP) is 4.08. The molecule has 0 aliphatic carbocycles. The van der Waals surface area contributed by atoms with Crippen molar-refractivity contribution in [2.24, 2.45) is 0 Å². The maximum atomic E-state index is 3.51. The Kier molecular flexibility index (Phi) is 3.45. The molecule has 4 rings (SSSR count). The van der Waals surface area contributed by atoms with Gasteiger partial charge in [-0.15, -0.1) is 0 Å². The van der Waals surface area contributed by atoms with Crippen LogP contribution in [-0.4, -0.2) is 0 Å². The minimum absolute atomic E-state index is 0.367. The summed E-state index contributed by atoms with van der Waals surface area (Å²) >= 11 is 0. The third kappa shape index (κ3) is 2.43. The van der Waals surface area contributed by atoms with Crippen LogP contribution >= 0.6 is 0 Å². The average molecular weight is 298 g/mol. The molecule has 0 amide bonds. The first kappa shape index (κ1) is 13.8. The smallest absolute Gasteiger partial charge is 0.107 e. The molecule has 0 bridgehead atoms. The van der Waals surface area contributed by atoms with Gasteiger partial charge in [0.05, 0.1) is 5.70 Å². The maximum Gasteiger partial charge on any atom is 0.107 e. The van der Waals surface area contributed by atoms with Crippen LogP contribution in [0.5, 0.6) is 0 Å². The van der Waals surface area contributed by atoms with Gasteiger partial charge in [0.15, 0.2) is 0 Å². The summed E-state index contributed by atoms with van der Waals surface area (Å²) in [6.45, 7) is 0. The lowest BCUT2D eigenvalue weighted by molar-refractivity contribution is 0.490. The van der Waals surface area contributed by atoms with Gasteiger partial charge in [-0.1, -0.05) is 91.0 Å². The summed E-state index contributed by atoms with van der Waals surface area (Å²) < 4.78 is 0. The highest BCUT2D eigenvalue weighted by Crippen LogP contribution is 2.36.